The van der Waals surface area contributed by atoms with Gasteiger partial charge >= 0.3 is 0 Å². The van der Waals surface area contributed by atoms with E-state index in [1.54, 1.807) is 0 Å². The molecule has 0 amide bonds. The van der Waals surface area contributed by atoms with Gasteiger partial charge in [0.2, 0.25) is 0 Å². The van der Waals surface area contributed by atoms with Gasteiger partial charge in [0, 0.05) is 59.5 Å². The quantitative estimate of drug-likeness (QED) is 0.184. The van der Waals surface area contributed by atoms with Gasteiger partial charge in [0.15, 0.2) is 0 Å². The third kappa shape index (κ3) is 3.63. The fourth-order valence-corrected chi connectivity index (χ4v) is 10.6. The zero-order valence-electron chi connectivity index (χ0n) is 28.7. The summed E-state index contributed by atoms with van der Waals surface area (Å²) in [5.41, 5.74) is 15.9. The van der Waals surface area contributed by atoms with Crippen molar-refractivity contribution in [3.63, 3.8) is 0 Å². The number of hydrogen-bond acceptors (Lipinski definition) is 3. The van der Waals surface area contributed by atoms with E-state index in [4.69, 9.17) is 4.42 Å². The fraction of sp³-hybridized carbons (Fsp3) is 0.0612. The topological polar surface area (TPSA) is 16.4 Å². The van der Waals surface area contributed by atoms with Gasteiger partial charge in [-0.15, -0.1) is 11.3 Å². The molecule has 52 heavy (non-hydrogen) atoms. The predicted octanol–water partition coefficient (Wildman–Crippen LogP) is 14.5. The molecule has 0 fully saturated rings. The van der Waals surface area contributed by atoms with E-state index in [1.165, 1.54) is 75.5 Å². The van der Waals surface area contributed by atoms with Gasteiger partial charge in [-0.05, 0) is 110 Å². The number of nitrogens with zero attached hydrogens (tertiary/aromatic N) is 1. The molecule has 0 bridgehead atoms. The van der Waals surface area contributed by atoms with Gasteiger partial charge in [-0.25, -0.2) is 0 Å². The number of rotatable bonds is 4. The van der Waals surface area contributed by atoms with Crippen molar-refractivity contribution >= 4 is 81.3 Å². The van der Waals surface area contributed by atoms with Gasteiger partial charge in [-0.1, -0.05) is 105 Å². The zero-order valence-corrected chi connectivity index (χ0v) is 29.5. The summed E-state index contributed by atoms with van der Waals surface area (Å²) in [4.78, 5) is 2.35. The van der Waals surface area contributed by atoms with Crippen molar-refractivity contribution in [3.05, 3.63) is 163 Å². The van der Waals surface area contributed by atoms with Crippen molar-refractivity contribution in [1.82, 2.24) is 0 Å². The number of anilines is 3. The first-order valence-corrected chi connectivity index (χ1v) is 18.8. The molecule has 3 heteroatoms. The highest BCUT2D eigenvalue weighted by molar-refractivity contribution is 7.26. The SMILES string of the molecule is CC1(C)c2cccc3c2-c2c1ccc1c(-c4cccc(N(c5ccccc5)c5ccc6c(c5)oc5ccccc56)c4)cc4sc5cccc-3c5c4c21. The Hall–Kier alpha value is -6.16. The lowest BCUT2D eigenvalue weighted by Gasteiger charge is -2.26. The van der Waals surface area contributed by atoms with E-state index < -0.39 is 0 Å². The summed E-state index contributed by atoms with van der Waals surface area (Å²) in [5.74, 6) is 0. The lowest BCUT2D eigenvalue weighted by Crippen LogP contribution is -2.15. The van der Waals surface area contributed by atoms with Crippen LogP contribution in [0.4, 0.5) is 17.1 Å². The van der Waals surface area contributed by atoms with Crippen LogP contribution in [0.3, 0.4) is 0 Å². The summed E-state index contributed by atoms with van der Waals surface area (Å²) in [7, 11) is 0. The monoisotopic (exact) mass is 681 g/mol. The van der Waals surface area contributed by atoms with Crippen LogP contribution in [0.2, 0.25) is 0 Å². The Kier molecular flexibility index (Phi) is 5.49. The van der Waals surface area contributed by atoms with Crippen LogP contribution in [0, 0.1) is 0 Å². The number of hydrogen-bond donors (Lipinski definition) is 0. The largest absolute Gasteiger partial charge is 0.456 e. The molecule has 12 rings (SSSR count). The lowest BCUT2D eigenvalue weighted by molar-refractivity contribution is 0.661. The summed E-state index contributed by atoms with van der Waals surface area (Å²) in [6.07, 6.45) is 0. The predicted molar refractivity (Wildman–Crippen MR) is 221 cm³/mol. The molecule has 0 spiro atoms. The van der Waals surface area contributed by atoms with Gasteiger partial charge in [-0.2, -0.15) is 0 Å². The molecule has 0 saturated heterocycles. The molecule has 0 saturated carbocycles. The third-order valence-corrected chi connectivity index (χ3v) is 12.9. The van der Waals surface area contributed by atoms with Crippen LogP contribution >= 0.6 is 11.3 Å². The van der Waals surface area contributed by atoms with Crippen LogP contribution in [-0.4, -0.2) is 0 Å². The Balaban J connectivity index is 1.12. The van der Waals surface area contributed by atoms with Crippen LogP contribution in [0.25, 0.3) is 86.3 Å². The first kappa shape index (κ1) is 28.5. The van der Waals surface area contributed by atoms with E-state index in [1.807, 2.05) is 23.5 Å². The molecule has 244 valence electrons. The summed E-state index contributed by atoms with van der Waals surface area (Å²) >= 11 is 1.93. The first-order valence-electron chi connectivity index (χ1n) is 18.0. The minimum Gasteiger partial charge on any atom is -0.456 e. The number of thiophene rings is 1. The summed E-state index contributed by atoms with van der Waals surface area (Å²) in [6.45, 7) is 4.80. The maximum absolute atomic E-state index is 6.38. The Morgan fingerprint density at radius 3 is 2.12 bits per heavy atom. The highest BCUT2D eigenvalue weighted by Gasteiger charge is 2.40. The van der Waals surface area contributed by atoms with E-state index >= 15 is 0 Å². The van der Waals surface area contributed by atoms with Crippen LogP contribution < -0.4 is 4.90 Å². The maximum Gasteiger partial charge on any atom is 0.137 e. The molecule has 2 aliphatic carbocycles. The van der Waals surface area contributed by atoms with Crippen molar-refractivity contribution in [1.29, 1.82) is 0 Å². The Bertz CT molecular complexity index is 3160. The molecule has 2 aliphatic rings. The molecule has 2 aromatic heterocycles. The van der Waals surface area contributed by atoms with Gasteiger partial charge in [0.1, 0.15) is 11.2 Å². The van der Waals surface area contributed by atoms with E-state index in [-0.39, 0.29) is 5.41 Å². The summed E-state index contributed by atoms with van der Waals surface area (Å²) in [6, 6.07) is 55.8. The number of furan rings is 1. The lowest BCUT2D eigenvalue weighted by atomic mass is 9.80. The fourth-order valence-electron chi connectivity index (χ4n) is 9.46. The summed E-state index contributed by atoms with van der Waals surface area (Å²) < 4.78 is 9.07. The van der Waals surface area contributed by atoms with E-state index in [0.29, 0.717) is 0 Å². The molecule has 0 N–H and O–H groups in total. The maximum atomic E-state index is 6.38. The second-order valence-electron chi connectivity index (χ2n) is 14.8. The zero-order chi connectivity index (χ0) is 34.3. The molecule has 2 nitrogen and oxygen atoms in total. The van der Waals surface area contributed by atoms with Crippen molar-refractivity contribution in [2.75, 3.05) is 4.90 Å². The molecule has 0 radical (unpaired) electrons. The average Bonchev–Trinajstić information content (AvgIpc) is 3.79. The normalized spacial score (nSPS) is 13.7. The molecule has 0 atom stereocenters. The average molecular weight is 682 g/mol. The van der Waals surface area contributed by atoms with Gasteiger partial charge in [0.25, 0.3) is 0 Å². The molecule has 0 unspecified atom stereocenters. The van der Waals surface area contributed by atoms with Gasteiger partial charge in [0.05, 0.1) is 0 Å². The number of fused-ring (bicyclic) bond motifs is 4. The van der Waals surface area contributed by atoms with E-state index in [2.05, 4.69) is 158 Å². The Morgan fingerprint density at radius 2 is 1.19 bits per heavy atom. The van der Waals surface area contributed by atoms with Gasteiger partial charge < -0.3 is 9.32 Å². The molecular formula is C49H31NOS. The number of benzene rings is 8. The van der Waals surface area contributed by atoms with Crippen LogP contribution in [0.5, 0.6) is 0 Å². The van der Waals surface area contributed by atoms with Crippen molar-refractivity contribution in [2.45, 2.75) is 19.3 Å². The minimum atomic E-state index is -0.0737. The molecule has 8 aromatic carbocycles. The van der Waals surface area contributed by atoms with Crippen molar-refractivity contribution < 1.29 is 4.42 Å². The second-order valence-corrected chi connectivity index (χ2v) is 15.9. The van der Waals surface area contributed by atoms with Crippen molar-refractivity contribution in [2.24, 2.45) is 0 Å². The second kappa shape index (κ2) is 10.00. The summed E-state index contributed by atoms with van der Waals surface area (Å²) in [5, 5.41) is 7.80. The Morgan fingerprint density at radius 1 is 0.462 bits per heavy atom. The standard InChI is InChI=1S/C49H31NOS/c1-49(2)38-18-9-16-34-35-17-10-20-42-45(35)48-43(52-42)27-37(36-23-24-39(49)47(44(34)38)46(36)48)28-11-8-14-30(25-28)50(29-12-4-3-5-13-29)31-21-22-33-32-15-6-7-19-40(32)51-41(33)26-31/h3-27H,1-2H3. The molecule has 10 aromatic rings. The van der Waals surface area contributed by atoms with Crippen molar-refractivity contribution in [3.8, 4) is 33.4 Å². The molecular weight excluding hydrogens is 651 g/mol. The highest BCUT2D eigenvalue weighted by Crippen LogP contribution is 2.60. The number of para-hydroxylation sites is 2. The van der Waals surface area contributed by atoms with E-state index in [0.717, 1.165) is 39.0 Å². The molecule has 0 aliphatic heterocycles. The highest BCUT2D eigenvalue weighted by atomic mass is 32.1. The van der Waals surface area contributed by atoms with Crippen LogP contribution in [0.1, 0.15) is 25.0 Å². The van der Waals surface area contributed by atoms with Gasteiger partial charge in [-0.3, -0.25) is 0 Å². The van der Waals surface area contributed by atoms with Crippen LogP contribution in [0.15, 0.2) is 156 Å². The minimum absolute atomic E-state index is 0.0737. The van der Waals surface area contributed by atoms with Crippen LogP contribution in [-0.2, 0) is 5.41 Å². The van der Waals surface area contributed by atoms with E-state index in [9.17, 15) is 0 Å². The molecule has 2 heterocycles. The third-order valence-electron chi connectivity index (χ3n) is 11.8. The Labute approximate surface area is 304 Å². The first-order chi connectivity index (χ1) is 25.5. The smallest absolute Gasteiger partial charge is 0.137 e.